The average molecular weight is 442 g/mol. The number of fused-ring (bicyclic) bond motifs is 1. The van der Waals surface area contributed by atoms with Crippen LogP contribution in [0.2, 0.25) is 0 Å². The van der Waals surface area contributed by atoms with Gasteiger partial charge in [-0.05, 0) is 49.4 Å². The van der Waals surface area contributed by atoms with Gasteiger partial charge in [-0.2, -0.15) is 5.10 Å². The minimum Gasteiger partial charge on any atom is -0.379 e. The van der Waals surface area contributed by atoms with E-state index in [1.807, 2.05) is 6.07 Å². The molecule has 2 fully saturated rings. The number of ether oxygens (including phenoxy) is 1. The van der Waals surface area contributed by atoms with Gasteiger partial charge in [0.1, 0.15) is 5.82 Å². The van der Waals surface area contributed by atoms with Gasteiger partial charge >= 0.3 is 0 Å². The highest BCUT2D eigenvalue weighted by Crippen LogP contribution is 2.32. The van der Waals surface area contributed by atoms with Crippen molar-refractivity contribution in [2.75, 3.05) is 26.3 Å². The number of rotatable bonds is 5. The normalized spacial score (nSPS) is 22.1. The van der Waals surface area contributed by atoms with E-state index in [4.69, 9.17) is 14.8 Å². The second-order valence-electron chi connectivity index (χ2n) is 9.37. The highest BCUT2D eigenvalue weighted by molar-refractivity contribution is 5.81. The van der Waals surface area contributed by atoms with Gasteiger partial charge in [-0.3, -0.25) is 9.58 Å². The summed E-state index contributed by atoms with van der Waals surface area (Å²) in [5, 5.41) is 4.97. The van der Waals surface area contributed by atoms with Crippen LogP contribution >= 0.6 is 0 Å². The zero-order valence-electron chi connectivity index (χ0n) is 19.0. The quantitative estimate of drug-likeness (QED) is 0.482. The lowest BCUT2D eigenvalue weighted by atomic mass is 9.90. The van der Waals surface area contributed by atoms with E-state index in [2.05, 4.69) is 69.3 Å². The van der Waals surface area contributed by atoms with Crippen LogP contribution in [0.3, 0.4) is 0 Å². The van der Waals surface area contributed by atoms with E-state index in [-0.39, 0.29) is 0 Å². The number of imidazole rings is 1. The Kier molecular flexibility index (Phi) is 5.70. The Morgan fingerprint density at radius 3 is 2.52 bits per heavy atom. The number of aromatic nitrogens is 4. The lowest BCUT2D eigenvalue weighted by Crippen LogP contribution is -2.45. The number of aromatic amines is 1. The molecule has 170 valence electrons. The molecule has 1 saturated carbocycles. The first kappa shape index (κ1) is 20.6. The fraction of sp³-hybridized carbons (Fsp3) is 0.407. The molecule has 0 atom stereocenters. The summed E-state index contributed by atoms with van der Waals surface area (Å²) in [4.78, 5) is 10.9. The van der Waals surface area contributed by atoms with Crippen LogP contribution in [0, 0.1) is 0 Å². The van der Waals surface area contributed by atoms with Gasteiger partial charge in [0.15, 0.2) is 0 Å². The molecule has 0 spiro atoms. The third-order valence-electron chi connectivity index (χ3n) is 7.25. The van der Waals surface area contributed by atoms with Crippen molar-refractivity contribution in [2.45, 2.75) is 44.2 Å². The van der Waals surface area contributed by atoms with Crippen molar-refractivity contribution in [3.8, 4) is 11.3 Å². The molecule has 3 heterocycles. The first-order chi connectivity index (χ1) is 16.3. The first-order valence-electron chi connectivity index (χ1n) is 12.2. The topological polar surface area (TPSA) is 59.0 Å². The predicted octanol–water partition coefficient (Wildman–Crippen LogP) is 4.83. The minimum atomic E-state index is 0.504. The van der Waals surface area contributed by atoms with Crippen molar-refractivity contribution in [3.05, 3.63) is 72.2 Å². The van der Waals surface area contributed by atoms with Gasteiger partial charge in [0, 0.05) is 37.3 Å². The number of nitrogens with zero attached hydrogens (tertiary/aromatic N) is 4. The summed E-state index contributed by atoms with van der Waals surface area (Å²) in [6.07, 6.45) is 7.88. The molecule has 1 aliphatic carbocycles. The van der Waals surface area contributed by atoms with Crippen molar-refractivity contribution in [1.82, 2.24) is 24.6 Å². The number of hydrogen-bond donors (Lipinski definition) is 1. The minimum absolute atomic E-state index is 0.504. The van der Waals surface area contributed by atoms with Gasteiger partial charge in [0.2, 0.25) is 0 Å². The summed E-state index contributed by atoms with van der Waals surface area (Å²) < 4.78 is 7.72. The third kappa shape index (κ3) is 4.45. The Morgan fingerprint density at radius 1 is 0.909 bits per heavy atom. The van der Waals surface area contributed by atoms with Crippen LogP contribution in [0.25, 0.3) is 22.3 Å². The van der Waals surface area contributed by atoms with Crippen molar-refractivity contribution in [1.29, 1.82) is 0 Å². The lowest BCUT2D eigenvalue weighted by Gasteiger charge is -2.38. The number of hydrogen-bond acceptors (Lipinski definition) is 4. The van der Waals surface area contributed by atoms with Crippen molar-refractivity contribution in [3.63, 3.8) is 0 Å². The van der Waals surface area contributed by atoms with Crippen LogP contribution < -0.4 is 0 Å². The van der Waals surface area contributed by atoms with Crippen LogP contribution in [0.1, 0.15) is 43.1 Å². The molecule has 6 nitrogen and oxygen atoms in total. The number of nitrogens with one attached hydrogen (secondary N) is 1. The molecule has 33 heavy (non-hydrogen) atoms. The van der Waals surface area contributed by atoms with Gasteiger partial charge in [-0.1, -0.05) is 36.4 Å². The molecule has 4 aromatic rings. The molecular weight excluding hydrogens is 410 g/mol. The average Bonchev–Trinajstić information content (AvgIpc) is 3.52. The van der Waals surface area contributed by atoms with Crippen molar-refractivity contribution < 1.29 is 4.74 Å². The molecule has 2 aromatic heterocycles. The van der Waals surface area contributed by atoms with Gasteiger partial charge < -0.3 is 9.72 Å². The summed E-state index contributed by atoms with van der Waals surface area (Å²) >= 11 is 0. The molecule has 6 heteroatoms. The highest BCUT2D eigenvalue weighted by Gasteiger charge is 2.28. The number of benzene rings is 2. The predicted molar refractivity (Wildman–Crippen MR) is 130 cm³/mol. The van der Waals surface area contributed by atoms with E-state index in [9.17, 15) is 0 Å². The summed E-state index contributed by atoms with van der Waals surface area (Å²) in [5.74, 6) is 0.996. The summed E-state index contributed by atoms with van der Waals surface area (Å²) in [5.41, 5.74) is 5.51. The molecule has 0 radical (unpaired) electrons. The zero-order chi connectivity index (χ0) is 22.0. The molecule has 6 rings (SSSR count). The third-order valence-corrected chi connectivity index (χ3v) is 7.25. The molecule has 0 amide bonds. The van der Waals surface area contributed by atoms with Crippen LogP contribution in [0.5, 0.6) is 0 Å². The molecular formula is C27H31N5O. The van der Waals surface area contributed by atoms with E-state index in [0.29, 0.717) is 12.1 Å². The summed E-state index contributed by atoms with van der Waals surface area (Å²) in [7, 11) is 0. The second-order valence-corrected chi connectivity index (χ2v) is 9.37. The molecule has 1 aliphatic heterocycles. The monoisotopic (exact) mass is 441 g/mol. The van der Waals surface area contributed by atoms with E-state index in [0.717, 1.165) is 60.8 Å². The largest absolute Gasteiger partial charge is 0.379 e. The molecule has 0 bridgehead atoms. The van der Waals surface area contributed by atoms with E-state index in [1.165, 1.54) is 31.2 Å². The Bertz CT molecular complexity index is 1200. The Morgan fingerprint density at radius 2 is 1.70 bits per heavy atom. The SMILES string of the molecule is c1ccc(Cc2nc3ccc(-c4ccn(C5CCC(N6CCOCC6)CC5)n4)cc3[nH]2)cc1. The van der Waals surface area contributed by atoms with E-state index in [1.54, 1.807) is 0 Å². The maximum Gasteiger partial charge on any atom is 0.111 e. The Balaban J connectivity index is 1.14. The van der Waals surface area contributed by atoms with Crippen LogP contribution in [0.4, 0.5) is 0 Å². The van der Waals surface area contributed by atoms with Gasteiger partial charge in [0.05, 0.1) is 36.0 Å². The Hall–Kier alpha value is -2.96. The van der Waals surface area contributed by atoms with E-state index < -0.39 is 0 Å². The fourth-order valence-electron chi connectivity index (χ4n) is 5.42. The van der Waals surface area contributed by atoms with Gasteiger partial charge in [-0.15, -0.1) is 0 Å². The molecule has 2 aliphatic rings. The van der Waals surface area contributed by atoms with Crippen LogP contribution in [-0.4, -0.2) is 57.0 Å². The van der Waals surface area contributed by atoms with Crippen LogP contribution in [-0.2, 0) is 11.2 Å². The molecule has 2 aromatic carbocycles. The zero-order valence-corrected chi connectivity index (χ0v) is 19.0. The van der Waals surface area contributed by atoms with Gasteiger partial charge in [-0.25, -0.2) is 4.98 Å². The summed E-state index contributed by atoms with van der Waals surface area (Å²) in [6.45, 7) is 3.95. The molecule has 1 N–H and O–H groups in total. The van der Waals surface area contributed by atoms with E-state index >= 15 is 0 Å². The second kappa shape index (κ2) is 9.12. The standard InChI is InChI=1S/C27H31N5O/c1-2-4-20(5-3-1)18-27-28-25-11-6-21(19-26(25)29-27)24-12-13-32(30-24)23-9-7-22(8-10-23)31-14-16-33-17-15-31/h1-6,11-13,19,22-23H,7-10,14-18H2,(H,28,29). The fourth-order valence-corrected chi connectivity index (χ4v) is 5.42. The first-order valence-corrected chi connectivity index (χ1v) is 12.2. The van der Waals surface area contributed by atoms with Gasteiger partial charge in [0.25, 0.3) is 0 Å². The van der Waals surface area contributed by atoms with Crippen molar-refractivity contribution in [2.24, 2.45) is 0 Å². The maximum absolute atomic E-state index is 5.52. The lowest BCUT2D eigenvalue weighted by molar-refractivity contribution is 0.00507. The number of morpholine rings is 1. The van der Waals surface area contributed by atoms with Crippen molar-refractivity contribution >= 4 is 11.0 Å². The molecule has 0 unspecified atom stereocenters. The smallest absolute Gasteiger partial charge is 0.111 e. The summed E-state index contributed by atoms with van der Waals surface area (Å²) in [6, 6.07) is 20.2. The Labute approximate surface area is 194 Å². The number of H-pyrrole nitrogens is 1. The highest BCUT2D eigenvalue weighted by atomic mass is 16.5. The molecule has 1 saturated heterocycles. The van der Waals surface area contributed by atoms with Crippen LogP contribution in [0.15, 0.2) is 60.8 Å². The maximum atomic E-state index is 5.52.